The van der Waals surface area contributed by atoms with E-state index in [2.05, 4.69) is 169 Å². The van der Waals surface area contributed by atoms with Crippen molar-refractivity contribution < 1.29 is 4.42 Å². The van der Waals surface area contributed by atoms with Crippen LogP contribution in [0, 0.1) is 6.92 Å². The lowest BCUT2D eigenvalue weighted by molar-refractivity contribution is 0.195. The quantitative estimate of drug-likeness (QED) is 0.158. The number of rotatable bonds is 1. The van der Waals surface area contributed by atoms with Crippen molar-refractivity contribution in [2.24, 2.45) is 0 Å². The van der Waals surface area contributed by atoms with Gasteiger partial charge in [-0.2, -0.15) is 0 Å². The summed E-state index contributed by atoms with van der Waals surface area (Å²) < 4.78 is 6.87. The topological polar surface area (TPSA) is 19.6 Å². The Morgan fingerprint density at radius 2 is 1.40 bits per heavy atom. The number of hydrogen-bond donors (Lipinski definition) is 0. The molecule has 4 heterocycles. The molecule has 4 aliphatic rings. The maximum absolute atomic E-state index is 6.87. The lowest BCUT2D eigenvalue weighted by Gasteiger charge is -2.53. The number of furan rings is 1. The van der Waals surface area contributed by atoms with Crippen LogP contribution in [0.2, 0.25) is 0 Å². The van der Waals surface area contributed by atoms with E-state index in [1.54, 1.807) is 5.56 Å². The summed E-state index contributed by atoms with van der Waals surface area (Å²) in [5.74, 6) is 0. The zero-order chi connectivity index (χ0) is 38.0. The molecule has 7 aromatic rings. The van der Waals surface area contributed by atoms with Crippen molar-refractivity contribution in [2.45, 2.75) is 110 Å². The summed E-state index contributed by atoms with van der Waals surface area (Å²) in [4.78, 5) is 5.63. The van der Waals surface area contributed by atoms with Gasteiger partial charge in [-0.05, 0) is 112 Å². The molecule has 11 rings (SSSR count). The molecule has 0 radical (unpaired) electrons. The smallest absolute Gasteiger partial charge is 0.333 e. The molecule has 6 aromatic carbocycles. The van der Waals surface area contributed by atoms with E-state index < -0.39 is 0 Å². The van der Waals surface area contributed by atoms with E-state index in [1.807, 2.05) is 0 Å². The van der Waals surface area contributed by atoms with Gasteiger partial charge in [-0.3, -0.25) is 0 Å². The number of para-hydroxylation sites is 1. The minimum absolute atomic E-state index is 0.00821. The van der Waals surface area contributed by atoms with Crippen molar-refractivity contribution in [3.63, 3.8) is 0 Å². The summed E-state index contributed by atoms with van der Waals surface area (Å²) in [5.41, 5.74) is 18.3. The van der Waals surface area contributed by atoms with Crippen LogP contribution in [-0.2, 0) is 16.2 Å². The standard InChI is InChI=1S/C51H51BN2O/c1-30-16-10-13-19-40(30)54-45-35(22-23-41-43(45)36-21-20-32(48(2,3)4)29-42(36)55-41)37-26-31-17-11-12-18-34(31)46-44(37)52(54)39-28-33(49(5,6)7)27-38-47(39)53(46)51(9)25-15-14-24-50(38,51)8/h10-13,16-23,26-29H,14-15,24-25H2,1-9H3. The van der Waals surface area contributed by atoms with Gasteiger partial charge in [-0.15, -0.1) is 0 Å². The Labute approximate surface area is 326 Å². The highest BCUT2D eigenvalue weighted by molar-refractivity contribution is 6.94. The molecular weight excluding hydrogens is 667 g/mol. The fraction of sp³-hybridized carbons (Fsp3) is 0.333. The average molecular weight is 719 g/mol. The first-order valence-electron chi connectivity index (χ1n) is 20.6. The number of aryl methyl sites for hydroxylation is 1. The highest BCUT2D eigenvalue weighted by Gasteiger charge is 2.62. The lowest BCUT2D eigenvalue weighted by Crippen LogP contribution is -2.65. The maximum atomic E-state index is 6.87. The van der Waals surface area contributed by atoms with E-state index >= 15 is 0 Å². The van der Waals surface area contributed by atoms with Crippen LogP contribution in [-0.4, -0.2) is 12.4 Å². The van der Waals surface area contributed by atoms with Crippen LogP contribution >= 0.6 is 0 Å². The van der Waals surface area contributed by atoms with E-state index in [0.717, 1.165) is 11.2 Å². The normalized spacial score (nSPS) is 21.3. The van der Waals surface area contributed by atoms with Crippen molar-refractivity contribution in [3.05, 3.63) is 119 Å². The molecule has 1 aromatic heterocycles. The fourth-order valence-electron chi connectivity index (χ4n) is 11.4. The molecular formula is C51H51BN2O. The van der Waals surface area contributed by atoms with Crippen molar-refractivity contribution in [1.82, 2.24) is 0 Å². The SMILES string of the molecule is Cc1ccccc1N1B2c3cc(C(C)(C)C)cc4c3N(c3c2c(cc2ccccc32)-c2ccc3oc5cc(C(C)(C)C)ccc5c3c21)C1(C)CCCCC41C. The first-order valence-corrected chi connectivity index (χ1v) is 20.6. The van der Waals surface area contributed by atoms with E-state index in [9.17, 15) is 0 Å². The molecule has 0 amide bonds. The summed E-state index contributed by atoms with van der Waals surface area (Å²) >= 11 is 0. The second-order valence-electron chi connectivity index (χ2n) is 19.7. The van der Waals surface area contributed by atoms with Crippen LogP contribution in [0.4, 0.5) is 22.7 Å². The summed E-state index contributed by atoms with van der Waals surface area (Å²) in [6, 6.07) is 37.5. The third-order valence-corrected chi connectivity index (χ3v) is 14.6. The summed E-state index contributed by atoms with van der Waals surface area (Å²) in [6.07, 6.45) is 4.92. The molecule has 0 bridgehead atoms. The highest BCUT2D eigenvalue weighted by Crippen LogP contribution is 2.63. The lowest BCUT2D eigenvalue weighted by atomic mass is 9.42. The van der Waals surface area contributed by atoms with Crippen LogP contribution < -0.4 is 20.6 Å². The minimum atomic E-state index is -0.0506. The van der Waals surface area contributed by atoms with Crippen LogP contribution in [0.15, 0.2) is 101 Å². The Morgan fingerprint density at radius 1 is 0.655 bits per heavy atom. The number of nitrogens with zero attached hydrogens (tertiary/aromatic N) is 2. The zero-order valence-corrected chi connectivity index (χ0v) is 33.9. The average Bonchev–Trinajstić information content (AvgIpc) is 3.63. The van der Waals surface area contributed by atoms with Gasteiger partial charge in [-0.25, -0.2) is 0 Å². The van der Waals surface area contributed by atoms with Gasteiger partial charge < -0.3 is 14.1 Å². The molecule has 4 heteroatoms. The van der Waals surface area contributed by atoms with Crippen LogP contribution in [0.3, 0.4) is 0 Å². The van der Waals surface area contributed by atoms with Crippen LogP contribution in [0.1, 0.15) is 103 Å². The highest BCUT2D eigenvalue weighted by atomic mass is 16.3. The van der Waals surface area contributed by atoms with Gasteiger partial charge in [0.15, 0.2) is 0 Å². The predicted molar refractivity (Wildman–Crippen MR) is 235 cm³/mol. The van der Waals surface area contributed by atoms with Gasteiger partial charge in [0.25, 0.3) is 0 Å². The first-order chi connectivity index (χ1) is 26.2. The van der Waals surface area contributed by atoms with Crippen molar-refractivity contribution in [3.8, 4) is 11.1 Å². The van der Waals surface area contributed by atoms with Gasteiger partial charge in [-0.1, -0.05) is 128 Å². The Morgan fingerprint density at radius 3 is 2.18 bits per heavy atom. The molecule has 2 atom stereocenters. The van der Waals surface area contributed by atoms with Crippen molar-refractivity contribution >= 4 is 73.2 Å². The third-order valence-electron chi connectivity index (χ3n) is 14.6. The Bertz CT molecular complexity index is 2810. The Balaban J connectivity index is 1.36. The molecule has 1 aliphatic carbocycles. The summed E-state index contributed by atoms with van der Waals surface area (Å²) in [6.45, 7) is 21.5. The number of anilines is 4. The molecule has 1 saturated carbocycles. The minimum Gasteiger partial charge on any atom is -0.456 e. The first kappa shape index (κ1) is 33.4. The molecule has 3 aliphatic heterocycles. The predicted octanol–water partition coefficient (Wildman–Crippen LogP) is 12.6. The Kier molecular flexibility index (Phi) is 6.47. The Hall–Kier alpha value is -4.96. The largest absolute Gasteiger partial charge is 0.456 e. The summed E-state index contributed by atoms with van der Waals surface area (Å²) in [5, 5.41) is 5.05. The molecule has 1 fully saturated rings. The van der Waals surface area contributed by atoms with E-state index in [-0.39, 0.29) is 28.6 Å². The maximum Gasteiger partial charge on any atom is 0.333 e. The van der Waals surface area contributed by atoms with E-state index in [4.69, 9.17) is 4.42 Å². The van der Waals surface area contributed by atoms with Gasteiger partial charge in [0.1, 0.15) is 11.2 Å². The van der Waals surface area contributed by atoms with E-state index in [0.29, 0.717) is 0 Å². The number of fused-ring (bicyclic) bond motifs is 13. The molecule has 2 unspecified atom stereocenters. The molecule has 55 heavy (non-hydrogen) atoms. The van der Waals surface area contributed by atoms with Gasteiger partial charge >= 0.3 is 6.85 Å². The number of benzene rings is 6. The zero-order valence-electron chi connectivity index (χ0n) is 33.9. The molecule has 274 valence electrons. The summed E-state index contributed by atoms with van der Waals surface area (Å²) in [7, 11) is 0. The van der Waals surface area contributed by atoms with Crippen LogP contribution in [0.5, 0.6) is 0 Å². The van der Waals surface area contributed by atoms with Crippen molar-refractivity contribution in [2.75, 3.05) is 9.71 Å². The van der Waals surface area contributed by atoms with Gasteiger partial charge in [0.05, 0.1) is 10.9 Å². The second kappa shape index (κ2) is 10.7. The molecule has 0 saturated heterocycles. The second-order valence-corrected chi connectivity index (χ2v) is 19.7. The van der Waals surface area contributed by atoms with E-state index in [1.165, 1.54) is 109 Å². The number of hydrogen-bond acceptors (Lipinski definition) is 3. The molecule has 3 nitrogen and oxygen atoms in total. The van der Waals surface area contributed by atoms with Gasteiger partial charge in [0.2, 0.25) is 0 Å². The molecule has 0 spiro atoms. The van der Waals surface area contributed by atoms with Crippen LogP contribution in [0.25, 0.3) is 43.8 Å². The molecule has 0 N–H and O–H groups in total. The fourth-order valence-corrected chi connectivity index (χ4v) is 11.4. The monoisotopic (exact) mass is 718 g/mol. The van der Waals surface area contributed by atoms with Crippen molar-refractivity contribution in [1.29, 1.82) is 0 Å². The third kappa shape index (κ3) is 4.19. The van der Waals surface area contributed by atoms with Gasteiger partial charge in [0, 0.05) is 44.5 Å².